The summed E-state index contributed by atoms with van der Waals surface area (Å²) < 4.78 is 18.0. The van der Waals surface area contributed by atoms with Crippen molar-refractivity contribution in [3.05, 3.63) is 34.1 Å². The Bertz CT molecular complexity index is 497. The number of hydrogen-bond donors (Lipinski definition) is 1. The molecule has 7 heteroatoms. The molecule has 1 aromatic carbocycles. The van der Waals surface area contributed by atoms with E-state index in [9.17, 15) is 19.3 Å². The maximum Gasteiger partial charge on any atom is 0.311 e. The summed E-state index contributed by atoms with van der Waals surface area (Å²) in [5.74, 6) is -1.38. The van der Waals surface area contributed by atoms with E-state index in [4.69, 9.17) is 4.74 Å². The highest BCUT2D eigenvalue weighted by Crippen LogP contribution is 2.27. The number of carbonyl (C=O) groups excluding carboxylic acids is 1. The summed E-state index contributed by atoms with van der Waals surface area (Å²) in [6.07, 6.45) is 0. The van der Waals surface area contributed by atoms with Gasteiger partial charge in [0.25, 0.3) is 5.91 Å². The number of hydrogen-bond acceptors (Lipinski definition) is 4. The van der Waals surface area contributed by atoms with Crippen LogP contribution in [0.4, 0.5) is 10.1 Å². The number of nitrogens with zero attached hydrogens (tertiary/aromatic N) is 1. The number of carbonyl (C=O) groups is 1. The number of benzene rings is 1. The first-order valence-electron chi connectivity index (χ1n) is 5.57. The predicted octanol–water partition coefficient (Wildman–Crippen LogP) is 2.03. The molecule has 0 aliphatic heterocycles. The predicted molar refractivity (Wildman–Crippen MR) is 66.4 cm³/mol. The summed E-state index contributed by atoms with van der Waals surface area (Å²) in [4.78, 5) is 21.5. The lowest BCUT2D eigenvalue weighted by molar-refractivity contribution is -0.385. The number of nitro benzene ring substituents is 1. The molecule has 1 rings (SSSR count). The molecule has 0 aliphatic carbocycles. The molecule has 0 unspecified atom stereocenters. The van der Waals surface area contributed by atoms with Crippen LogP contribution >= 0.6 is 0 Å². The van der Waals surface area contributed by atoms with Crippen LogP contribution < -0.4 is 10.1 Å². The quantitative estimate of drug-likeness (QED) is 0.670. The Labute approximate surface area is 109 Å². The van der Waals surface area contributed by atoms with Gasteiger partial charge in [-0.1, -0.05) is 0 Å². The lowest BCUT2D eigenvalue weighted by atomic mass is 10.1. The van der Waals surface area contributed by atoms with Gasteiger partial charge >= 0.3 is 5.69 Å². The minimum Gasteiger partial charge on any atom is -0.477 e. The Morgan fingerprint density at radius 2 is 2.11 bits per heavy atom. The van der Waals surface area contributed by atoms with Gasteiger partial charge in [0, 0.05) is 17.7 Å². The van der Waals surface area contributed by atoms with E-state index in [0.717, 1.165) is 18.2 Å². The van der Waals surface area contributed by atoms with Gasteiger partial charge in [-0.25, -0.2) is 4.39 Å². The Kier molecular flexibility index (Phi) is 4.42. The van der Waals surface area contributed by atoms with Crippen LogP contribution in [0.2, 0.25) is 0 Å². The first-order chi connectivity index (χ1) is 8.69. The molecule has 0 fully saturated rings. The van der Waals surface area contributed by atoms with Crippen molar-refractivity contribution in [3.8, 4) is 5.75 Å². The van der Waals surface area contributed by atoms with Crippen LogP contribution in [0.1, 0.15) is 20.8 Å². The minimum absolute atomic E-state index is 0.269. The van der Waals surface area contributed by atoms with Crippen molar-refractivity contribution in [2.45, 2.75) is 26.3 Å². The van der Waals surface area contributed by atoms with E-state index in [1.807, 2.05) is 0 Å². The summed E-state index contributed by atoms with van der Waals surface area (Å²) in [7, 11) is 0. The van der Waals surface area contributed by atoms with E-state index < -0.39 is 28.8 Å². The van der Waals surface area contributed by atoms with Crippen LogP contribution in [-0.2, 0) is 4.79 Å². The third-order valence-corrected chi connectivity index (χ3v) is 1.99. The Morgan fingerprint density at radius 3 is 2.63 bits per heavy atom. The highest BCUT2D eigenvalue weighted by atomic mass is 19.1. The topological polar surface area (TPSA) is 81.5 Å². The Hall–Kier alpha value is -2.18. The first kappa shape index (κ1) is 14.9. The molecule has 104 valence electrons. The molecule has 0 atom stereocenters. The molecular formula is C12H15FN2O4. The van der Waals surface area contributed by atoms with Gasteiger partial charge in [-0.2, -0.15) is 0 Å². The van der Waals surface area contributed by atoms with Gasteiger partial charge in [0.1, 0.15) is 5.82 Å². The van der Waals surface area contributed by atoms with Gasteiger partial charge in [-0.05, 0) is 26.8 Å². The van der Waals surface area contributed by atoms with Crippen molar-refractivity contribution in [1.82, 2.24) is 5.32 Å². The average Bonchev–Trinajstić information content (AvgIpc) is 2.23. The SMILES string of the molecule is CC(C)(C)NC(=O)COc1cc(F)ccc1[N+](=O)[O-]. The van der Waals surface area contributed by atoms with Gasteiger partial charge in [-0.15, -0.1) is 0 Å². The van der Waals surface area contributed by atoms with Gasteiger partial charge in [0.05, 0.1) is 4.92 Å². The molecule has 1 aromatic rings. The molecule has 0 radical (unpaired) electrons. The molecule has 1 N–H and O–H groups in total. The van der Waals surface area contributed by atoms with Gasteiger partial charge < -0.3 is 10.1 Å². The summed E-state index contributed by atoms with van der Waals surface area (Å²) in [6, 6.07) is 2.83. The van der Waals surface area contributed by atoms with E-state index in [1.54, 1.807) is 20.8 Å². The van der Waals surface area contributed by atoms with E-state index in [1.165, 1.54) is 0 Å². The van der Waals surface area contributed by atoms with Gasteiger partial charge in [0.15, 0.2) is 6.61 Å². The maximum atomic E-state index is 13.0. The third-order valence-electron chi connectivity index (χ3n) is 1.99. The fraction of sp³-hybridized carbons (Fsp3) is 0.417. The first-order valence-corrected chi connectivity index (χ1v) is 5.57. The normalized spacial score (nSPS) is 10.9. The third kappa shape index (κ3) is 4.90. The zero-order valence-electron chi connectivity index (χ0n) is 10.9. The van der Waals surface area contributed by atoms with Crippen molar-refractivity contribution in [1.29, 1.82) is 0 Å². The summed E-state index contributed by atoms with van der Waals surface area (Å²) in [5, 5.41) is 13.3. The van der Waals surface area contributed by atoms with Crippen molar-refractivity contribution in [3.63, 3.8) is 0 Å². The van der Waals surface area contributed by atoms with Crippen LogP contribution in [0.5, 0.6) is 5.75 Å². The number of ether oxygens (including phenoxy) is 1. The van der Waals surface area contributed by atoms with Crippen molar-refractivity contribution >= 4 is 11.6 Å². The zero-order chi connectivity index (χ0) is 14.6. The highest BCUT2D eigenvalue weighted by Gasteiger charge is 2.18. The smallest absolute Gasteiger partial charge is 0.311 e. The van der Waals surface area contributed by atoms with Crippen molar-refractivity contribution < 1.29 is 18.8 Å². The molecule has 1 amide bonds. The van der Waals surface area contributed by atoms with Gasteiger partial charge in [0.2, 0.25) is 5.75 Å². The van der Waals surface area contributed by atoms with Crippen LogP contribution in [-0.4, -0.2) is 23.0 Å². The van der Waals surface area contributed by atoms with Crippen LogP contribution in [0.15, 0.2) is 18.2 Å². The number of amides is 1. The van der Waals surface area contributed by atoms with Crippen LogP contribution in [0.25, 0.3) is 0 Å². The second-order valence-corrected chi connectivity index (χ2v) is 4.96. The molecule has 19 heavy (non-hydrogen) atoms. The number of nitrogens with one attached hydrogen (secondary N) is 1. The number of halogens is 1. The molecule has 0 aliphatic rings. The van der Waals surface area contributed by atoms with Crippen LogP contribution in [0, 0.1) is 15.9 Å². The fourth-order valence-corrected chi connectivity index (χ4v) is 1.35. The number of rotatable bonds is 4. The lowest BCUT2D eigenvalue weighted by Gasteiger charge is -2.20. The van der Waals surface area contributed by atoms with Crippen molar-refractivity contribution in [2.75, 3.05) is 6.61 Å². The molecule has 0 bridgehead atoms. The molecule has 0 heterocycles. The molecule has 0 spiro atoms. The minimum atomic E-state index is -0.698. The molecule has 6 nitrogen and oxygen atoms in total. The average molecular weight is 270 g/mol. The van der Waals surface area contributed by atoms with E-state index in [2.05, 4.69) is 5.32 Å². The molecule has 0 saturated heterocycles. The largest absolute Gasteiger partial charge is 0.477 e. The molecule has 0 aromatic heterocycles. The summed E-state index contributed by atoms with van der Waals surface area (Å²) >= 11 is 0. The molecular weight excluding hydrogens is 255 g/mol. The van der Waals surface area contributed by atoms with E-state index in [0.29, 0.717) is 0 Å². The lowest BCUT2D eigenvalue weighted by Crippen LogP contribution is -2.43. The standard InChI is InChI=1S/C12H15FN2O4/c1-12(2,3)14-11(16)7-19-10-6-8(13)4-5-9(10)15(17)18/h4-6H,7H2,1-3H3,(H,14,16). The second kappa shape index (κ2) is 5.64. The van der Waals surface area contributed by atoms with E-state index in [-0.39, 0.29) is 11.4 Å². The fourth-order valence-electron chi connectivity index (χ4n) is 1.35. The summed E-state index contributed by atoms with van der Waals surface area (Å²) in [6.45, 7) is 4.95. The van der Waals surface area contributed by atoms with Gasteiger partial charge in [-0.3, -0.25) is 14.9 Å². The zero-order valence-corrected chi connectivity index (χ0v) is 10.9. The highest BCUT2D eigenvalue weighted by molar-refractivity contribution is 5.78. The van der Waals surface area contributed by atoms with Crippen molar-refractivity contribution in [2.24, 2.45) is 0 Å². The molecule has 0 saturated carbocycles. The van der Waals surface area contributed by atoms with E-state index >= 15 is 0 Å². The van der Waals surface area contributed by atoms with Crippen LogP contribution in [0.3, 0.4) is 0 Å². The maximum absolute atomic E-state index is 13.0. The second-order valence-electron chi connectivity index (χ2n) is 4.96. The summed E-state index contributed by atoms with van der Waals surface area (Å²) in [5.41, 5.74) is -0.820. The monoisotopic (exact) mass is 270 g/mol. The number of nitro groups is 1. The Morgan fingerprint density at radius 1 is 1.47 bits per heavy atom. The Balaban J connectivity index is 2.75.